The van der Waals surface area contributed by atoms with Crippen LogP contribution in [0, 0.1) is 40.4 Å². The maximum Gasteiger partial charge on any atom is 0.179 e. The van der Waals surface area contributed by atoms with Crippen LogP contribution in [-0.2, 0) is 4.74 Å². The molecule has 3 saturated carbocycles. The summed E-state index contributed by atoms with van der Waals surface area (Å²) in [5, 5.41) is 41.4. The van der Waals surface area contributed by atoms with E-state index in [1.807, 2.05) is 6.92 Å². The van der Waals surface area contributed by atoms with Crippen LogP contribution >= 0.6 is 0 Å². The van der Waals surface area contributed by atoms with Crippen LogP contribution in [-0.4, -0.2) is 51.6 Å². The van der Waals surface area contributed by atoms with Gasteiger partial charge in [-0.25, -0.2) is 0 Å². The topological polar surface area (TPSA) is 90.2 Å². The lowest BCUT2D eigenvalue weighted by Gasteiger charge is -2.59. The van der Waals surface area contributed by atoms with Crippen LogP contribution in [0.5, 0.6) is 0 Å². The Balaban J connectivity index is 1.38. The van der Waals surface area contributed by atoms with Gasteiger partial charge in [-0.1, -0.05) is 38.0 Å². The third-order valence-electron chi connectivity index (χ3n) is 11.3. The predicted molar refractivity (Wildman–Crippen MR) is 127 cm³/mol. The molecule has 0 saturated heterocycles. The molecular weight excluding hydrogens is 416 g/mol. The number of hydrogen-bond donors (Lipinski definition) is 4. The first-order valence-electron chi connectivity index (χ1n) is 13.3. The molecule has 0 amide bonds. The van der Waals surface area contributed by atoms with Crippen molar-refractivity contribution in [3.63, 3.8) is 0 Å². The molecule has 1 heterocycles. The van der Waals surface area contributed by atoms with Crippen molar-refractivity contribution < 1.29 is 25.2 Å². The molecule has 4 N–H and O–H groups in total. The SMILES string of the molecule is CC1=C(CO)C(O)O[C@H]([C@@H](C)[C@H]2CC[C@H]3[C@@H]4CC=C5C[C@@H](O)C[C@H](O)[C@]5(C)[C@H]4CC[C@]23C)C1. The highest BCUT2D eigenvalue weighted by Crippen LogP contribution is 2.67. The molecule has 186 valence electrons. The number of allylic oxidation sites excluding steroid dienone is 1. The van der Waals surface area contributed by atoms with Crippen molar-refractivity contribution in [3.05, 3.63) is 22.8 Å². The third kappa shape index (κ3) is 3.52. The van der Waals surface area contributed by atoms with Crippen LogP contribution in [0.15, 0.2) is 22.8 Å². The zero-order chi connectivity index (χ0) is 23.7. The second kappa shape index (κ2) is 8.44. The minimum atomic E-state index is -0.984. The van der Waals surface area contributed by atoms with E-state index in [-0.39, 0.29) is 23.5 Å². The van der Waals surface area contributed by atoms with E-state index < -0.39 is 18.5 Å². The molecule has 0 spiro atoms. The van der Waals surface area contributed by atoms with Crippen LogP contribution in [0.25, 0.3) is 0 Å². The highest BCUT2D eigenvalue weighted by atomic mass is 16.6. The average Bonchev–Trinajstić information content (AvgIpc) is 3.11. The highest BCUT2D eigenvalue weighted by molar-refractivity contribution is 5.28. The molecule has 0 bridgehead atoms. The van der Waals surface area contributed by atoms with Crippen molar-refractivity contribution in [2.75, 3.05) is 6.61 Å². The Hall–Kier alpha value is -0.720. The van der Waals surface area contributed by atoms with Gasteiger partial charge in [0.25, 0.3) is 0 Å². The van der Waals surface area contributed by atoms with Gasteiger partial charge in [0.05, 0.1) is 24.9 Å². The molecule has 5 aliphatic rings. The van der Waals surface area contributed by atoms with Gasteiger partial charge in [-0.3, -0.25) is 0 Å². The Morgan fingerprint density at radius 1 is 1.09 bits per heavy atom. The highest BCUT2D eigenvalue weighted by Gasteiger charge is 2.61. The normalized spacial score (nSPS) is 50.8. The van der Waals surface area contributed by atoms with E-state index in [0.29, 0.717) is 41.6 Å². The number of aliphatic hydroxyl groups excluding tert-OH is 4. The van der Waals surface area contributed by atoms with Crippen LogP contribution in [0.3, 0.4) is 0 Å². The first-order chi connectivity index (χ1) is 15.6. The summed E-state index contributed by atoms with van der Waals surface area (Å²) in [5.41, 5.74) is 3.07. The molecule has 0 radical (unpaired) electrons. The monoisotopic (exact) mass is 460 g/mol. The summed E-state index contributed by atoms with van der Waals surface area (Å²) in [5.74, 6) is 2.65. The summed E-state index contributed by atoms with van der Waals surface area (Å²) in [6.07, 6.45) is 8.37. The molecular formula is C28H44O5. The van der Waals surface area contributed by atoms with E-state index in [1.165, 1.54) is 24.8 Å². The second-order valence-electron chi connectivity index (χ2n) is 12.5. The standard InChI is InChI=1S/C28H44O5/c1-15-11-24(33-26(32)20(15)14-29)16(2)21-7-8-22-19-6-5-17-12-18(30)13-25(31)28(17,4)23(19)9-10-27(21,22)3/h5,16,18-19,21-26,29-32H,6-14H2,1-4H3/t16-,18+,19-,21+,22-,23-,24-,25-,26?,27+,28-/m0/s1. The molecule has 33 heavy (non-hydrogen) atoms. The van der Waals surface area contributed by atoms with E-state index in [4.69, 9.17) is 4.74 Å². The van der Waals surface area contributed by atoms with Gasteiger partial charge in [0.1, 0.15) is 0 Å². The molecule has 0 aromatic carbocycles. The largest absolute Gasteiger partial charge is 0.393 e. The third-order valence-corrected chi connectivity index (χ3v) is 11.3. The Labute approximate surface area is 198 Å². The van der Waals surface area contributed by atoms with Gasteiger partial charge in [-0.2, -0.15) is 0 Å². The van der Waals surface area contributed by atoms with E-state index in [1.54, 1.807) is 0 Å². The summed E-state index contributed by atoms with van der Waals surface area (Å²) < 4.78 is 6.05. The minimum absolute atomic E-state index is 0.00868. The van der Waals surface area contributed by atoms with Gasteiger partial charge in [-0.05, 0) is 86.9 Å². The number of ether oxygens (including phenoxy) is 1. The van der Waals surface area contributed by atoms with Crippen molar-refractivity contribution in [3.8, 4) is 0 Å². The first kappa shape index (κ1) is 24.0. The van der Waals surface area contributed by atoms with Gasteiger partial charge in [-0.15, -0.1) is 0 Å². The van der Waals surface area contributed by atoms with Crippen LogP contribution in [0.4, 0.5) is 0 Å². The molecule has 11 atom stereocenters. The lowest BCUT2D eigenvalue weighted by molar-refractivity contribution is -0.157. The first-order valence-corrected chi connectivity index (χ1v) is 13.3. The number of fused-ring (bicyclic) bond motifs is 5. The summed E-state index contributed by atoms with van der Waals surface area (Å²) in [4.78, 5) is 0. The van der Waals surface area contributed by atoms with E-state index in [2.05, 4.69) is 26.8 Å². The molecule has 3 fully saturated rings. The zero-order valence-electron chi connectivity index (χ0n) is 20.8. The molecule has 4 aliphatic carbocycles. The van der Waals surface area contributed by atoms with E-state index in [9.17, 15) is 20.4 Å². The Morgan fingerprint density at radius 2 is 1.85 bits per heavy atom. The van der Waals surface area contributed by atoms with E-state index in [0.717, 1.165) is 31.3 Å². The summed E-state index contributed by atoms with van der Waals surface area (Å²) in [7, 11) is 0. The quantitative estimate of drug-likeness (QED) is 0.479. The maximum absolute atomic E-state index is 11.1. The van der Waals surface area contributed by atoms with Crippen molar-refractivity contribution >= 4 is 0 Å². The van der Waals surface area contributed by atoms with Gasteiger partial charge >= 0.3 is 0 Å². The molecule has 0 aromatic heterocycles. The van der Waals surface area contributed by atoms with Crippen molar-refractivity contribution in [2.24, 2.45) is 40.4 Å². The Bertz CT molecular complexity index is 834. The van der Waals surface area contributed by atoms with Crippen molar-refractivity contribution in [2.45, 2.75) is 104 Å². The molecule has 1 aliphatic heterocycles. The number of rotatable bonds is 3. The fourth-order valence-corrected chi connectivity index (χ4v) is 9.33. The van der Waals surface area contributed by atoms with Crippen LogP contribution in [0.2, 0.25) is 0 Å². The number of hydrogen-bond acceptors (Lipinski definition) is 5. The lowest BCUT2D eigenvalue weighted by Crippen LogP contribution is -2.56. The Morgan fingerprint density at radius 3 is 2.55 bits per heavy atom. The maximum atomic E-state index is 11.1. The van der Waals surface area contributed by atoms with Gasteiger partial charge in [0.2, 0.25) is 0 Å². The van der Waals surface area contributed by atoms with Crippen molar-refractivity contribution in [1.82, 2.24) is 0 Å². The molecule has 5 rings (SSSR count). The predicted octanol–water partition coefficient (Wildman–Crippen LogP) is 3.95. The zero-order valence-corrected chi connectivity index (χ0v) is 20.8. The summed E-state index contributed by atoms with van der Waals surface area (Å²) >= 11 is 0. The van der Waals surface area contributed by atoms with Gasteiger partial charge < -0.3 is 25.2 Å². The molecule has 1 unspecified atom stereocenters. The smallest absolute Gasteiger partial charge is 0.179 e. The molecule has 0 aromatic rings. The minimum Gasteiger partial charge on any atom is -0.393 e. The molecule has 5 nitrogen and oxygen atoms in total. The van der Waals surface area contributed by atoms with Crippen LogP contribution in [0.1, 0.15) is 79.1 Å². The fraction of sp³-hybridized carbons (Fsp3) is 0.857. The Kier molecular flexibility index (Phi) is 6.14. The average molecular weight is 461 g/mol. The summed E-state index contributed by atoms with van der Waals surface area (Å²) in [6.45, 7) is 8.96. The van der Waals surface area contributed by atoms with Gasteiger partial charge in [0, 0.05) is 17.4 Å². The molecule has 5 heteroatoms. The fourth-order valence-electron chi connectivity index (χ4n) is 9.33. The van der Waals surface area contributed by atoms with Gasteiger partial charge in [0.15, 0.2) is 6.29 Å². The number of aliphatic hydroxyl groups is 4. The van der Waals surface area contributed by atoms with E-state index >= 15 is 0 Å². The van der Waals surface area contributed by atoms with Crippen LogP contribution < -0.4 is 0 Å². The lowest BCUT2D eigenvalue weighted by atomic mass is 9.46. The van der Waals surface area contributed by atoms with Crippen molar-refractivity contribution in [1.29, 1.82) is 0 Å². The second-order valence-corrected chi connectivity index (χ2v) is 12.5. The summed E-state index contributed by atoms with van der Waals surface area (Å²) in [6, 6.07) is 0.